The molecular formula is C15H21F2NO2. The third kappa shape index (κ3) is 3.60. The molecule has 1 aliphatic rings. The third-order valence-corrected chi connectivity index (χ3v) is 3.90. The van der Waals surface area contributed by atoms with E-state index in [9.17, 15) is 8.78 Å². The van der Waals surface area contributed by atoms with Crippen molar-refractivity contribution in [3.05, 3.63) is 23.8 Å². The van der Waals surface area contributed by atoms with Crippen LogP contribution in [0.4, 0.5) is 8.78 Å². The van der Waals surface area contributed by atoms with Gasteiger partial charge in [0.15, 0.2) is 11.5 Å². The number of ether oxygens (including phenoxy) is 2. The molecule has 3 nitrogen and oxygen atoms in total. The van der Waals surface area contributed by atoms with Gasteiger partial charge in [-0.2, -0.15) is 8.78 Å². The fourth-order valence-corrected chi connectivity index (χ4v) is 2.77. The molecule has 2 unspecified atom stereocenters. The van der Waals surface area contributed by atoms with Gasteiger partial charge in [-0.25, -0.2) is 0 Å². The molecule has 0 heterocycles. The fourth-order valence-electron chi connectivity index (χ4n) is 2.77. The molecule has 1 aromatic carbocycles. The number of alkyl halides is 2. The van der Waals surface area contributed by atoms with E-state index in [-0.39, 0.29) is 5.75 Å². The Labute approximate surface area is 118 Å². The van der Waals surface area contributed by atoms with Crippen LogP contribution in [0.25, 0.3) is 0 Å². The first-order valence-electron chi connectivity index (χ1n) is 6.96. The molecule has 1 N–H and O–H groups in total. The third-order valence-electron chi connectivity index (χ3n) is 3.90. The topological polar surface area (TPSA) is 30.5 Å². The summed E-state index contributed by atoms with van der Waals surface area (Å²) in [5, 5.41) is 3.43. The number of hydrogen-bond donors (Lipinski definition) is 1. The van der Waals surface area contributed by atoms with Crippen molar-refractivity contribution < 1.29 is 18.3 Å². The molecule has 0 saturated heterocycles. The number of para-hydroxylation sites is 1. The smallest absolute Gasteiger partial charge is 0.387 e. The fraction of sp³-hybridized carbons (Fsp3) is 0.600. The summed E-state index contributed by atoms with van der Waals surface area (Å²) >= 11 is 0. The van der Waals surface area contributed by atoms with Gasteiger partial charge in [0.25, 0.3) is 0 Å². The van der Waals surface area contributed by atoms with Gasteiger partial charge in [0, 0.05) is 18.2 Å². The number of benzene rings is 1. The molecule has 1 aromatic rings. The maximum absolute atomic E-state index is 12.5. The van der Waals surface area contributed by atoms with E-state index in [0.717, 1.165) is 6.42 Å². The Morgan fingerprint density at radius 1 is 1.35 bits per heavy atom. The van der Waals surface area contributed by atoms with Crippen LogP contribution in [0.1, 0.15) is 31.7 Å². The van der Waals surface area contributed by atoms with Crippen LogP contribution in [0.5, 0.6) is 11.5 Å². The lowest BCUT2D eigenvalue weighted by atomic mass is 10.1. The Morgan fingerprint density at radius 3 is 2.75 bits per heavy atom. The Hall–Kier alpha value is -1.36. The van der Waals surface area contributed by atoms with Crippen molar-refractivity contribution in [3.63, 3.8) is 0 Å². The number of rotatable bonds is 6. The van der Waals surface area contributed by atoms with Gasteiger partial charge in [-0.1, -0.05) is 25.5 Å². The van der Waals surface area contributed by atoms with Crippen LogP contribution in [0.2, 0.25) is 0 Å². The van der Waals surface area contributed by atoms with E-state index in [1.165, 1.54) is 20.0 Å². The lowest BCUT2D eigenvalue weighted by molar-refractivity contribution is -0.0519. The van der Waals surface area contributed by atoms with E-state index < -0.39 is 6.61 Å². The molecule has 2 atom stereocenters. The van der Waals surface area contributed by atoms with Crippen molar-refractivity contribution in [2.75, 3.05) is 7.11 Å². The van der Waals surface area contributed by atoms with Gasteiger partial charge >= 0.3 is 6.61 Å². The SMILES string of the molecule is COc1cccc(CNC2CCCC2C)c1OC(F)F. The van der Waals surface area contributed by atoms with Crippen LogP contribution < -0.4 is 14.8 Å². The highest BCUT2D eigenvalue weighted by molar-refractivity contribution is 5.46. The molecule has 1 fully saturated rings. The number of nitrogens with one attached hydrogen (secondary N) is 1. The normalized spacial score (nSPS) is 22.2. The van der Waals surface area contributed by atoms with Crippen LogP contribution in [0.15, 0.2) is 18.2 Å². The van der Waals surface area contributed by atoms with E-state index in [2.05, 4.69) is 17.0 Å². The summed E-state index contributed by atoms with van der Waals surface area (Å²) in [6.07, 6.45) is 3.57. The first kappa shape index (κ1) is 15.0. The van der Waals surface area contributed by atoms with Gasteiger partial charge < -0.3 is 14.8 Å². The van der Waals surface area contributed by atoms with Crippen LogP contribution >= 0.6 is 0 Å². The maximum Gasteiger partial charge on any atom is 0.387 e. The van der Waals surface area contributed by atoms with Crippen molar-refractivity contribution in [2.45, 2.75) is 45.4 Å². The van der Waals surface area contributed by atoms with Crippen molar-refractivity contribution in [3.8, 4) is 11.5 Å². The molecule has 0 bridgehead atoms. The van der Waals surface area contributed by atoms with Gasteiger partial charge in [-0.05, 0) is 24.8 Å². The van der Waals surface area contributed by atoms with Crippen molar-refractivity contribution >= 4 is 0 Å². The Morgan fingerprint density at radius 2 is 2.15 bits per heavy atom. The lowest BCUT2D eigenvalue weighted by Gasteiger charge is -2.19. The lowest BCUT2D eigenvalue weighted by Crippen LogP contribution is -2.30. The van der Waals surface area contributed by atoms with E-state index in [0.29, 0.717) is 29.8 Å². The predicted octanol–water partition coefficient (Wildman–Crippen LogP) is 3.57. The summed E-state index contributed by atoms with van der Waals surface area (Å²) < 4.78 is 34.7. The standard InChI is InChI=1S/C15H21F2NO2/c1-10-5-3-7-12(10)18-9-11-6-4-8-13(19-2)14(11)20-15(16)17/h4,6,8,10,12,15,18H,3,5,7,9H2,1-2H3. The van der Waals surface area contributed by atoms with Gasteiger partial charge in [-0.3, -0.25) is 0 Å². The molecule has 0 amide bonds. The summed E-state index contributed by atoms with van der Waals surface area (Å²) in [4.78, 5) is 0. The summed E-state index contributed by atoms with van der Waals surface area (Å²) in [7, 11) is 1.45. The number of hydrogen-bond acceptors (Lipinski definition) is 3. The monoisotopic (exact) mass is 285 g/mol. The minimum Gasteiger partial charge on any atom is -0.493 e. The zero-order chi connectivity index (χ0) is 14.5. The summed E-state index contributed by atoms with van der Waals surface area (Å²) in [5.74, 6) is 1.09. The van der Waals surface area contributed by atoms with Crippen molar-refractivity contribution in [1.82, 2.24) is 5.32 Å². The highest BCUT2D eigenvalue weighted by Crippen LogP contribution is 2.33. The number of halogens is 2. The van der Waals surface area contributed by atoms with E-state index >= 15 is 0 Å². The molecule has 0 radical (unpaired) electrons. The highest BCUT2D eigenvalue weighted by Gasteiger charge is 2.23. The average Bonchev–Trinajstić information content (AvgIpc) is 2.82. The second-order valence-corrected chi connectivity index (χ2v) is 5.22. The average molecular weight is 285 g/mol. The number of methoxy groups -OCH3 is 1. The van der Waals surface area contributed by atoms with Gasteiger partial charge in [0.1, 0.15) is 0 Å². The van der Waals surface area contributed by atoms with Crippen LogP contribution in [0.3, 0.4) is 0 Å². The Bertz CT molecular complexity index is 440. The molecule has 0 aliphatic heterocycles. The second kappa shape index (κ2) is 6.88. The minimum absolute atomic E-state index is 0.128. The van der Waals surface area contributed by atoms with Gasteiger partial charge in [0.2, 0.25) is 0 Å². The Balaban J connectivity index is 2.09. The van der Waals surface area contributed by atoms with Crippen LogP contribution in [-0.4, -0.2) is 19.8 Å². The van der Waals surface area contributed by atoms with E-state index in [1.807, 2.05) is 0 Å². The highest BCUT2D eigenvalue weighted by atomic mass is 19.3. The molecule has 0 aromatic heterocycles. The summed E-state index contributed by atoms with van der Waals surface area (Å²) in [6, 6.07) is 5.64. The first-order valence-corrected chi connectivity index (χ1v) is 6.96. The summed E-state index contributed by atoms with van der Waals surface area (Å²) in [6.45, 7) is -0.128. The maximum atomic E-state index is 12.5. The summed E-state index contributed by atoms with van der Waals surface area (Å²) in [5.41, 5.74) is 0.698. The first-order chi connectivity index (χ1) is 9.61. The largest absolute Gasteiger partial charge is 0.493 e. The van der Waals surface area contributed by atoms with Crippen LogP contribution in [-0.2, 0) is 6.54 Å². The van der Waals surface area contributed by atoms with Crippen molar-refractivity contribution in [2.24, 2.45) is 5.92 Å². The Kier molecular flexibility index (Phi) is 5.17. The predicted molar refractivity (Wildman–Crippen MR) is 73.3 cm³/mol. The quantitative estimate of drug-likeness (QED) is 0.866. The van der Waals surface area contributed by atoms with E-state index in [1.54, 1.807) is 18.2 Å². The second-order valence-electron chi connectivity index (χ2n) is 5.22. The molecule has 1 aliphatic carbocycles. The van der Waals surface area contributed by atoms with Gasteiger partial charge in [0.05, 0.1) is 7.11 Å². The van der Waals surface area contributed by atoms with Crippen LogP contribution in [0, 0.1) is 5.92 Å². The minimum atomic E-state index is -2.85. The van der Waals surface area contributed by atoms with Crippen molar-refractivity contribution in [1.29, 1.82) is 0 Å². The zero-order valence-electron chi connectivity index (χ0n) is 11.9. The molecule has 1 saturated carbocycles. The molecule has 5 heteroatoms. The molecule has 0 spiro atoms. The van der Waals surface area contributed by atoms with E-state index in [4.69, 9.17) is 4.74 Å². The molecule has 2 rings (SSSR count). The molecule has 112 valence electrons. The zero-order valence-corrected chi connectivity index (χ0v) is 11.9. The molecule has 20 heavy (non-hydrogen) atoms. The van der Waals surface area contributed by atoms with Gasteiger partial charge in [-0.15, -0.1) is 0 Å². The molecular weight excluding hydrogens is 264 g/mol.